The number of nitrogens with zero attached hydrogens (tertiary/aromatic N) is 1. The van der Waals surface area contributed by atoms with Crippen molar-refractivity contribution >= 4 is 0 Å². The lowest BCUT2D eigenvalue weighted by Gasteiger charge is -2.53. The van der Waals surface area contributed by atoms with Crippen LogP contribution in [0.1, 0.15) is 37.0 Å². The predicted octanol–water partition coefficient (Wildman–Crippen LogP) is 3.72. The standard InChI is InChI=1S/C20H25NO/c1-12-5-6-15-10-17-16-9-13(2)14(3)11-20(16,7-8-21(17)4)18(15)19(12)22/h5-6,9,11,13,17,22H,7-8,10H2,1-4H3/t13-,17-,20+/m1/s1. The van der Waals surface area contributed by atoms with E-state index in [0.717, 1.165) is 24.9 Å². The summed E-state index contributed by atoms with van der Waals surface area (Å²) in [6.45, 7) is 7.62. The Hall–Kier alpha value is -1.54. The zero-order chi connectivity index (χ0) is 15.6. The third kappa shape index (κ3) is 1.65. The van der Waals surface area contributed by atoms with Crippen molar-refractivity contribution in [1.82, 2.24) is 4.90 Å². The second kappa shape index (κ2) is 4.48. The van der Waals surface area contributed by atoms with E-state index in [-0.39, 0.29) is 5.41 Å². The Morgan fingerprint density at radius 3 is 2.82 bits per heavy atom. The van der Waals surface area contributed by atoms with Crippen LogP contribution in [0.5, 0.6) is 5.75 Å². The minimum Gasteiger partial charge on any atom is -0.507 e. The zero-order valence-electron chi connectivity index (χ0n) is 14.0. The molecule has 1 aromatic rings. The van der Waals surface area contributed by atoms with Gasteiger partial charge >= 0.3 is 0 Å². The van der Waals surface area contributed by atoms with Crippen molar-refractivity contribution < 1.29 is 5.11 Å². The van der Waals surface area contributed by atoms with Gasteiger partial charge in [-0.25, -0.2) is 0 Å². The van der Waals surface area contributed by atoms with E-state index in [1.807, 2.05) is 6.92 Å². The van der Waals surface area contributed by atoms with Gasteiger partial charge in [-0.1, -0.05) is 36.8 Å². The molecule has 0 spiro atoms. The molecule has 1 aromatic carbocycles. The van der Waals surface area contributed by atoms with E-state index in [1.54, 1.807) is 0 Å². The number of allylic oxidation sites excluding steroid dienone is 3. The highest BCUT2D eigenvalue weighted by Crippen LogP contribution is 2.55. The van der Waals surface area contributed by atoms with Crippen molar-refractivity contribution in [3.8, 4) is 5.75 Å². The Morgan fingerprint density at radius 1 is 1.27 bits per heavy atom. The first-order valence-corrected chi connectivity index (χ1v) is 8.38. The monoisotopic (exact) mass is 295 g/mol. The van der Waals surface area contributed by atoms with Crippen LogP contribution in [0.3, 0.4) is 0 Å². The fourth-order valence-electron chi connectivity index (χ4n) is 4.74. The van der Waals surface area contributed by atoms with Gasteiger partial charge in [-0.05, 0) is 62.9 Å². The third-order valence-electron chi connectivity index (χ3n) is 6.21. The van der Waals surface area contributed by atoms with Crippen LogP contribution in [0.2, 0.25) is 0 Å². The van der Waals surface area contributed by atoms with Crippen LogP contribution >= 0.6 is 0 Å². The summed E-state index contributed by atoms with van der Waals surface area (Å²) in [5, 5.41) is 10.8. The molecule has 2 nitrogen and oxygen atoms in total. The summed E-state index contributed by atoms with van der Waals surface area (Å²) < 4.78 is 0. The van der Waals surface area contributed by atoms with Crippen molar-refractivity contribution in [2.75, 3.05) is 13.6 Å². The number of phenols is 1. The molecule has 0 aromatic heterocycles. The summed E-state index contributed by atoms with van der Waals surface area (Å²) >= 11 is 0. The maximum absolute atomic E-state index is 10.8. The average Bonchev–Trinajstić information content (AvgIpc) is 2.48. The first-order valence-electron chi connectivity index (χ1n) is 8.38. The summed E-state index contributed by atoms with van der Waals surface area (Å²) in [6, 6.07) is 4.78. The predicted molar refractivity (Wildman–Crippen MR) is 90.3 cm³/mol. The Bertz CT molecular complexity index is 715. The summed E-state index contributed by atoms with van der Waals surface area (Å²) in [5.74, 6) is 1.02. The van der Waals surface area contributed by atoms with E-state index in [4.69, 9.17) is 0 Å². The van der Waals surface area contributed by atoms with Gasteiger partial charge in [-0.15, -0.1) is 0 Å². The molecule has 2 heteroatoms. The number of piperidine rings is 1. The lowest BCUT2D eigenvalue weighted by atomic mass is 9.57. The third-order valence-corrected chi connectivity index (χ3v) is 6.21. The number of hydrogen-bond donors (Lipinski definition) is 1. The van der Waals surface area contributed by atoms with Gasteiger partial charge in [0, 0.05) is 17.0 Å². The molecule has 0 unspecified atom stereocenters. The molecule has 0 radical (unpaired) electrons. The Kier molecular flexibility index (Phi) is 2.87. The molecule has 1 saturated heterocycles. The molecule has 1 N–H and O–H groups in total. The second-order valence-corrected chi connectivity index (χ2v) is 7.49. The number of aromatic hydroxyl groups is 1. The van der Waals surface area contributed by atoms with E-state index in [0.29, 0.717) is 17.7 Å². The molecule has 3 aliphatic rings. The molecule has 1 aliphatic heterocycles. The van der Waals surface area contributed by atoms with Gasteiger partial charge in [0.1, 0.15) is 5.75 Å². The maximum atomic E-state index is 10.8. The van der Waals surface area contributed by atoms with Crippen molar-refractivity contribution in [3.63, 3.8) is 0 Å². The molecule has 2 bridgehead atoms. The highest BCUT2D eigenvalue weighted by atomic mass is 16.3. The summed E-state index contributed by atoms with van der Waals surface area (Å²) in [4.78, 5) is 2.49. The topological polar surface area (TPSA) is 23.5 Å². The summed E-state index contributed by atoms with van der Waals surface area (Å²) in [7, 11) is 2.24. The van der Waals surface area contributed by atoms with Gasteiger partial charge in [0.25, 0.3) is 0 Å². The van der Waals surface area contributed by atoms with Gasteiger partial charge in [-0.2, -0.15) is 0 Å². The largest absolute Gasteiger partial charge is 0.507 e. The first kappa shape index (κ1) is 14.1. The quantitative estimate of drug-likeness (QED) is 0.737. The lowest BCUT2D eigenvalue weighted by molar-refractivity contribution is 0.182. The van der Waals surface area contributed by atoms with E-state index < -0.39 is 0 Å². The van der Waals surface area contributed by atoms with E-state index in [1.165, 1.54) is 22.3 Å². The molecule has 2 aliphatic carbocycles. The smallest absolute Gasteiger partial charge is 0.123 e. The van der Waals surface area contributed by atoms with Crippen molar-refractivity contribution in [1.29, 1.82) is 0 Å². The molecule has 116 valence electrons. The van der Waals surface area contributed by atoms with E-state index in [2.05, 4.69) is 50.1 Å². The van der Waals surface area contributed by atoms with Crippen molar-refractivity contribution in [2.45, 2.75) is 45.1 Å². The number of rotatable bonds is 0. The van der Waals surface area contributed by atoms with E-state index >= 15 is 0 Å². The number of hydrogen-bond acceptors (Lipinski definition) is 2. The molecular weight excluding hydrogens is 270 g/mol. The zero-order valence-corrected chi connectivity index (χ0v) is 14.0. The van der Waals surface area contributed by atoms with Crippen LogP contribution in [0.25, 0.3) is 0 Å². The van der Waals surface area contributed by atoms with Crippen LogP contribution in [-0.4, -0.2) is 29.6 Å². The van der Waals surface area contributed by atoms with Crippen molar-refractivity contribution in [2.24, 2.45) is 5.92 Å². The highest BCUT2D eigenvalue weighted by molar-refractivity contribution is 5.62. The molecule has 3 atom stereocenters. The Balaban J connectivity index is 2.04. The fraction of sp³-hybridized carbons (Fsp3) is 0.500. The fourth-order valence-corrected chi connectivity index (χ4v) is 4.74. The average molecular weight is 295 g/mol. The minimum atomic E-state index is -0.0720. The number of likely N-dealkylation sites (N-methyl/N-ethyl adjacent to an activating group) is 1. The van der Waals surface area contributed by atoms with E-state index in [9.17, 15) is 5.11 Å². The second-order valence-electron chi connectivity index (χ2n) is 7.49. The van der Waals surface area contributed by atoms with Gasteiger partial charge in [-0.3, -0.25) is 4.90 Å². The Morgan fingerprint density at radius 2 is 2.05 bits per heavy atom. The number of phenolic OH excluding ortho intramolecular Hbond substituents is 1. The Labute approximate surface area is 133 Å². The number of fused-ring (bicyclic) bond motifs is 1. The van der Waals surface area contributed by atoms with Gasteiger partial charge in [0.2, 0.25) is 0 Å². The van der Waals surface area contributed by atoms with Crippen LogP contribution in [-0.2, 0) is 11.8 Å². The van der Waals surface area contributed by atoms with Gasteiger partial charge in [0.05, 0.1) is 0 Å². The molecule has 0 amide bonds. The highest BCUT2D eigenvalue weighted by Gasteiger charge is 2.50. The first-order chi connectivity index (χ1) is 10.4. The molecule has 22 heavy (non-hydrogen) atoms. The summed E-state index contributed by atoms with van der Waals surface area (Å²) in [5.41, 5.74) is 6.39. The molecule has 4 rings (SSSR count). The molecule has 1 heterocycles. The number of likely N-dealkylation sites (tertiary alicyclic amines) is 1. The molecule has 1 fully saturated rings. The van der Waals surface area contributed by atoms with Crippen LogP contribution in [0.15, 0.2) is 35.4 Å². The minimum absolute atomic E-state index is 0.0720. The SMILES string of the molecule is CC1=C[C@]23CCN(C)[C@H](Cc4ccc(C)c(O)c42)C3=C[C@H]1C. The normalized spacial score (nSPS) is 33.6. The summed E-state index contributed by atoms with van der Waals surface area (Å²) in [6.07, 6.45) is 7.03. The lowest BCUT2D eigenvalue weighted by Crippen LogP contribution is -2.54. The number of benzene rings is 1. The van der Waals surface area contributed by atoms with Crippen LogP contribution < -0.4 is 0 Å². The molecular formula is C20H25NO. The van der Waals surface area contributed by atoms with Gasteiger partial charge in [0.15, 0.2) is 0 Å². The van der Waals surface area contributed by atoms with Gasteiger partial charge < -0.3 is 5.11 Å². The van der Waals surface area contributed by atoms with Crippen LogP contribution in [0, 0.1) is 12.8 Å². The maximum Gasteiger partial charge on any atom is 0.123 e. The van der Waals surface area contributed by atoms with Crippen LogP contribution in [0.4, 0.5) is 0 Å². The number of aryl methyl sites for hydroxylation is 1. The molecule has 0 saturated carbocycles. The van der Waals surface area contributed by atoms with Crippen molar-refractivity contribution in [3.05, 3.63) is 52.1 Å².